The van der Waals surface area contributed by atoms with Crippen molar-refractivity contribution in [2.24, 2.45) is 5.73 Å². The average molecular weight is 496 g/mol. The smallest absolute Gasteiger partial charge is 0.268 e. The van der Waals surface area contributed by atoms with Crippen LogP contribution in [0.15, 0.2) is 48.5 Å². The molecule has 192 valence electrons. The van der Waals surface area contributed by atoms with Gasteiger partial charge in [0.05, 0.1) is 12.6 Å². The summed E-state index contributed by atoms with van der Waals surface area (Å²) in [6.07, 6.45) is -0.288. The van der Waals surface area contributed by atoms with Crippen LogP contribution in [0.4, 0.5) is 5.69 Å². The number of hydroxylamine groups is 1. The summed E-state index contributed by atoms with van der Waals surface area (Å²) in [6, 6.07) is 12.4. The van der Waals surface area contributed by atoms with Gasteiger partial charge in [-0.05, 0) is 61.9 Å². The molecule has 36 heavy (non-hydrogen) atoms. The van der Waals surface area contributed by atoms with Gasteiger partial charge in [-0.25, -0.2) is 5.48 Å². The first-order chi connectivity index (χ1) is 16.7. The molecular formula is C26H33N5O5. The normalized spacial score (nSPS) is 16.5. The number of aliphatic hydroxyl groups excluding tert-OH is 1. The molecule has 2 aromatic carbocycles. The number of amides is 3. The number of anilines is 1. The molecule has 0 aromatic heterocycles. The van der Waals surface area contributed by atoms with Crippen molar-refractivity contribution in [3.63, 3.8) is 0 Å². The van der Waals surface area contributed by atoms with Crippen molar-refractivity contribution in [1.29, 1.82) is 0 Å². The van der Waals surface area contributed by atoms with Crippen LogP contribution in [-0.4, -0.2) is 70.8 Å². The van der Waals surface area contributed by atoms with Crippen molar-refractivity contribution in [1.82, 2.24) is 15.7 Å². The zero-order valence-corrected chi connectivity index (χ0v) is 19.3. The highest BCUT2D eigenvalue weighted by atomic mass is 16.5. The second kappa shape index (κ2) is 13.4. The number of likely N-dealkylation sites (tertiary alicyclic amines) is 1. The summed E-state index contributed by atoms with van der Waals surface area (Å²) < 4.78 is 0. The predicted octanol–water partition coefficient (Wildman–Crippen LogP) is 0.679. The van der Waals surface area contributed by atoms with E-state index in [1.54, 1.807) is 48.5 Å². The maximum absolute atomic E-state index is 12.3. The van der Waals surface area contributed by atoms with Gasteiger partial charge in [0.2, 0.25) is 5.91 Å². The van der Waals surface area contributed by atoms with E-state index >= 15 is 0 Å². The molecule has 1 fully saturated rings. The second-order valence-electron chi connectivity index (χ2n) is 8.40. The highest BCUT2D eigenvalue weighted by molar-refractivity contribution is 5.97. The van der Waals surface area contributed by atoms with Gasteiger partial charge >= 0.3 is 0 Å². The lowest BCUT2D eigenvalue weighted by Gasteiger charge is -2.19. The van der Waals surface area contributed by atoms with Crippen molar-refractivity contribution < 1.29 is 24.7 Å². The van der Waals surface area contributed by atoms with Crippen LogP contribution in [-0.2, 0) is 9.59 Å². The molecule has 0 aliphatic carbocycles. The average Bonchev–Trinajstić information content (AvgIpc) is 3.25. The number of nitrogens with one attached hydrogen (secondary N) is 3. The zero-order valence-electron chi connectivity index (χ0n) is 19.3. The topological polar surface area (TPSA) is 157 Å². The fourth-order valence-corrected chi connectivity index (χ4v) is 3.60. The van der Waals surface area contributed by atoms with Crippen LogP contribution in [0.2, 0.25) is 0 Å². The molecule has 1 unspecified atom stereocenters. The molecule has 1 aliphatic heterocycles. The minimum atomic E-state index is -1.29. The largest absolute Gasteiger partial charge is 0.391 e. The molecule has 7 N–H and O–H groups in total. The SMILES string of the molecule is C.C[C@@H](O)[C@H](NC(=O)c1ccc(C#Cc2ccc(NC(=O)CN3CCC(N)C3)cc2)cc1)C(=O)NO. The van der Waals surface area contributed by atoms with Gasteiger partial charge < -0.3 is 21.5 Å². The number of nitrogens with zero attached hydrogens (tertiary/aromatic N) is 1. The van der Waals surface area contributed by atoms with E-state index in [0.717, 1.165) is 25.1 Å². The van der Waals surface area contributed by atoms with E-state index in [1.807, 2.05) is 4.90 Å². The minimum Gasteiger partial charge on any atom is -0.391 e. The van der Waals surface area contributed by atoms with Crippen LogP contribution >= 0.6 is 0 Å². The van der Waals surface area contributed by atoms with E-state index in [9.17, 15) is 19.5 Å². The Morgan fingerprint density at radius 2 is 1.67 bits per heavy atom. The molecule has 1 aliphatic rings. The van der Waals surface area contributed by atoms with Gasteiger partial charge in [-0.2, -0.15) is 0 Å². The van der Waals surface area contributed by atoms with E-state index in [0.29, 0.717) is 17.8 Å². The van der Waals surface area contributed by atoms with Gasteiger partial charge in [0, 0.05) is 41.5 Å². The molecule has 3 rings (SSSR count). The number of hydrogen-bond donors (Lipinski definition) is 6. The van der Waals surface area contributed by atoms with Gasteiger partial charge in [0.1, 0.15) is 6.04 Å². The Balaban J connectivity index is 0.00000456. The Hall–Kier alpha value is -3.75. The van der Waals surface area contributed by atoms with Gasteiger partial charge in [-0.1, -0.05) is 19.3 Å². The van der Waals surface area contributed by atoms with E-state index in [-0.39, 0.29) is 24.9 Å². The first kappa shape index (κ1) is 28.5. The lowest BCUT2D eigenvalue weighted by molar-refractivity contribution is -0.133. The number of carbonyl (C=O) groups excluding carboxylic acids is 3. The number of hydrogen-bond acceptors (Lipinski definition) is 7. The number of aliphatic hydroxyl groups is 1. The standard InChI is InChI=1S/C25H29N5O5.CH4/c1-16(31)23(25(34)29-35)28-24(33)19-8-4-17(5-9-19)2-3-18-6-10-21(11-7-18)27-22(32)15-30-13-12-20(26)14-30;/h4-11,16,20,23,31,35H,12-15,26H2,1H3,(H,27,32)(H,28,33)(H,29,34);1H4/t16-,20?,23+;/m1./s1. The Bertz CT molecular complexity index is 1110. The molecule has 1 saturated heterocycles. The summed E-state index contributed by atoms with van der Waals surface area (Å²) >= 11 is 0. The Morgan fingerprint density at radius 3 is 2.17 bits per heavy atom. The van der Waals surface area contributed by atoms with Crippen molar-refractivity contribution in [2.45, 2.75) is 39.0 Å². The van der Waals surface area contributed by atoms with Crippen molar-refractivity contribution >= 4 is 23.4 Å². The van der Waals surface area contributed by atoms with Crippen LogP contribution in [0.1, 0.15) is 42.3 Å². The van der Waals surface area contributed by atoms with Gasteiger partial charge in [0.15, 0.2) is 0 Å². The van der Waals surface area contributed by atoms with Gasteiger partial charge in [-0.3, -0.25) is 24.5 Å². The summed E-state index contributed by atoms with van der Waals surface area (Å²) in [5.41, 5.74) is 9.66. The zero-order chi connectivity index (χ0) is 25.4. The Morgan fingerprint density at radius 1 is 1.08 bits per heavy atom. The van der Waals surface area contributed by atoms with Crippen LogP contribution in [0, 0.1) is 11.8 Å². The maximum Gasteiger partial charge on any atom is 0.268 e. The van der Waals surface area contributed by atoms with Crippen LogP contribution < -0.4 is 21.8 Å². The molecule has 3 atom stereocenters. The molecule has 2 aromatic rings. The number of carbonyl (C=O) groups is 3. The van der Waals surface area contributed by atoms with Gasteiger partial charge in [-0.15, -0.1) is 0 Å². The monoisotopic (exact) mass is 495 g/mol. The molecule has 0 bridgehead atoms. The molecular weight excluding hydrogens is 462 g/mol. The highest BCUT2D eigenvalue weighted by Crippen LogP contribution is 2.11. The van der Waals surface area contributed by atoms with E-state index in [2.05, 4.69) is 22.5 Å². The number of nitrogens with two attached hydrogens (primary N) is 1. The van der Waals surface area contributed by atoms with Crippen molar-refractivity contribution in [2.75, 3.05) is 25.0 Å². The van der Waals surface area contributed by atoms with E-state index in [1.165, 1.54) is 12.4 Å². The van der Waals surface area contributed by atoms with E-state index in [4.69, 9.17) is 10.9 Å². The summed E-state index contributed by atoms with van der Waals surface area (Å²) in [6.45, 7) is 3.20. The Kier molecular flexibility index (Phi) is 10.6. The summed E-state index contributed by atoms with van der Waals surface area (Å²) in [7, 11) is 0. The molecule has 0 spiro atoms. The van der Waals surface area contributed by atoms with Crippen molar-refractivity contribution in [3.8, 4) is 11.8 Å². The first-order valence-electron chi connectivity index (χ1n) is 11.2. The summed E-state index contributed by atoms with van der Waals surface area (Å²) in [4.78, 5) is 38.1. The molecule has 3 amide bonds. The fourth-order valence-electron chi connectivity index (χ4n) is 3.60. The molecule has 10 nitrogen and oxygen atoms in total. The fraction of sp³-hybridized carbons (Fsp3) is 0.346. The third-order valence-corrected chi connectivity index (χ3v) is 5.50. The summed E-state index contributed by atoms with van der Waals surface area (Å²) in [5, 5.41) is 23.6. The maximum atomic E-state index is 12.3. The summed E-state index contributed by atoms with van der Waals surface area (Å²) in [5.74, 6) is 4.44. The number of rotatable bonds is 7. The lowest BCUT2D eigenvalue weighted by atomic mass is 10.1. The molecule has 0 radical (unpaired) electrons. The third-order valence-electron chi connectivity index (χ3n) is 5.50. The van der Waals surface area contributed by atoms with Crippen LogP contribution in [0.5, 0.6) is 0 Å². The lowest BCUT2D eigenvalue weighted by Crippen LogP contribution is -2.51. The van der Waals surface area contributed by atoms with Crippen LogP contribution in [0.3, 0.4) is 0 Å². The molecule has 10 heteroatoms. The highest BCUT2D eigenvalue weighted by Gasteiger charge is 2.25. The predicted molar refractivity (Wildman–Crippen MR) is 136 cm³/mol. The minimum absolute atomic E-state index is 0. The third kappa shape index (κ3) is 8.18. The first-order valence-corrected chi connectivity index (χ1v) is 11.2. The molecule has 0 saturated carbocycles. The Labute approximate surface area is 210 Å². The quantitative estimate of drug-likeness (QED) is 0.187. The van der Waals surface area contributed by atoms with E-state index < -0.39 is 24.0 Å². The van der Waals surface area contributed by atoms with Gasteiger partial charge in [0.25, 0.3) is 11.8 Å². The van der Waals surface area contributed by atoms with Crippen molar-refractivity contribution in [3.05, 3.63) is 65.2 Å². The van der Waals surface area contributed by atoms with Crippen LogP contribution in [0.25, 0.3) is 0 Å². The molecule has 1 heterocycles. The number of benzene rings is 2. The second-order valence-corrected chi connectivity index (χ2v) is 8.40.